The molecule has 1 atom stereocenters. The number of aromatic nitrogens is 3. The minimum atomic E-state index is -2.89. The second-order valence-corrected chi connectivity index (χ2v) is 8.88. The summed E-state index contributed by atoms with van der Waals surface area (Å²) in [6.45, 7) is 2.62. The minimum absolute atomic E-state index is 0.0347. The third-order valence-electron chi connectivity index (χ3n) is 4.51. The van der Waals surface area contributed by atoms with Gasteiger partial charge in [-0.25, -0.2) is 13.1 Å². The quantitative estimate of drug-likeness (QED) is 0.822. The summed E-state index contributed by atoms with van der Waals surface area (Å²) in [5.74, 6) is 1.22. The molecule has 1 aliphatic rings. The van der Waals surface area contributed by atoms with Crippen LogP contribution in [-0.2, 0) is 22.9 Å². The molecule has 6 nitrogen and oxygen atoms in total. The molecule has 0 aliphatic carbocycles. The molecule has 1 aromatic carbocycles. The zero-order valence-electron chi connectivity index (χ0n) is 13.9. The van der Waals surface area contributed by atoms with Crippen LogP contribution in [0.15, 0.2) is 24.3 Å². The molecule has 24 heavy (non-hydrogen) atoms. The lowest BCUT2D eigenvalue weighted by Crippen LogP contribution is -2.34. The van der Waals surface area contributed by atoms with Gasteiger partial charge in [0.2, 0.25) is 4.77 Å². The molecule has 1 aliphatic heterocycles. The van der Waals surface area contributed by atoms with Gasteiger partial charge in [0.05, 0.1) is 18.2 Å². The molecular weight excluding hydrogens is 344 g/mol. The van der Waals surface area contributed by atoms with Crippen LogP contribution < -0.4 is 0 Å². The van der Waals surface area contributed by atoms with Crippen molar-refractivity contribution in [3.63, 3.8) is 0 Å². The number of H-pyrrole nitrogens is 1. The average Bonchev–Trinajstić information content (AvgIpc) is 3.10. The third-order valence-corrected chi connectivity index (χ3v) is 6.57. The maximum atomic E-state index is 11.6. The molecule has 1 N–H and O–H groups in total. The highest BCUT2D eigenvalue weighted by Crippen LogP contribution is 2.19. The number of nitrogens with zero attached hydrogens (tertiary/aromatic N) is 3. The second-order valence-electron chi connectivity index (χ2n) is 6.29. The topological polar surface area (TPSA) is 71.0 Å². The van der Waals surface area contributed by atoms with Crippen molar-refractivity contribution in [2.45, 2.75) is 32.5 Å². The molecule has 0 amide bonds. The first kappa shape index (κ1) is 17.3. The van der Waals surface area contributed by atoms with Crippen molar-refractivity contribution >= 4 is 22.1 Å². The van der Waals surface area contributed by atoms with Crippen LogP contribution in [0, 0.1) is 4.77 Å². The van der Waals surface area contributed by atoms with E-state index in [1.807, 2.05) is 24.1 Å². The van der Waals surface area contributed by atoms with Crippen LogP contribution in [0.2, 0.25) is 0 Å². The highest BCUT2D eigenvalue weighted by Gasteiger charge is 2.30. The summed E-state index contributed by atoms with van der Waals surface area (Å²) in [7, 11) is -0.970. The highest BCUT2D eigenvalue weighted by molar-refractivity contribution is 7.91. The van der Waals surface area contributed by atoms with E-state index in [4.69, 9.17) is 12.2 Å². The van der Waals surface area contributed by atoms with Crippen LogP contribution in [0.25, 0.3) is 11.4 Å². The summed E-state index contributed by atoms with van der Waals surface area (Å²) >= 11 is 5.34. The summed E-state index contributed by atoms with van der Waals surface area (Å²) in [5.41, 5.74) is 2.27. The summed E-state index contributed by atoms with van der Waals surface area (Å²) in [4.78, 5) is 6.44. The van der Waals surface area contributed by atoms with Gasteiger partial charge in [0.25, 0.3) is 0 Å². The fourth-order valence-electron chi connectivity index (χ4n) is 2.94. The minimum Gasteiger partial charge on any atom is -0.283 e. The smallest absolute Gasteiger partial charge is 0.217 e. The van der Waals surface area contributed by atoms with E-state index < -0.39 is 9.84 Å². The fourth-order valence-corrected chi connectivity index (χ4v) is 4.94. The second kappa shape index (κ2) is 6.78. The first-order valence-corrected chi connectivity index (χ1v) is 10.3. The molecular formula is C16H22N4O2S2. The highest BCUT2D eigenvalue weighted by atomic mass is 32.2. The van der Waals surface area contributed by atoms with Crippen LogP contribution in [0.4, 0.5) is 0 Å². The fraction of sp³-hybridized carbons (Fsp3) is 0.500. The van der Waals surface area contributed by atoms with Crippen molar-refractivity contribution in [2.24, 2.45) is 0 Å². The van der Waals surface area contributed by atoms with Gasteiger partial charge >= 0.3 is 0 Å². The Kier molecular flexibility index (Phi) is 4.89. The predicted octanol–water partition coefficient (Wildman–Crippen LogP) is 2.25. The molecule has 1 fully saturated rings. The van der Waals surface area contributed by atoms with Gasteiger partial charge in [-0.3, -0.25) is 10.00 Å². The molecule has 1 aromatic heterocycles. The Labute approximate surface area is 147 Å². The maximum Gasteiger partial charge on any atom is 0.217 e. The Balaban J connectivity index is 1.75. The molecule has 0 saturated carbocycles. The van der Waals surface area contributed by atoms with Gasteiger partial charge in [-0.05, 0) is 37.7 Å². The van der Waals surface area contributed by atoms with E-state index in [-0.39, 0.29) is 17.5 Å². The lowest BCUT2D eigenvalue weighted by molar-refractivity contribution is 0.197. The number of hydrogen-bond donors (Lipinski definition) is 1. The van der Waals surface area contributed by atoms with E-state index in [1.54, 1.807) is 4.68 Å². The first-order chi connectivity index (χ1) is 11.4. The van der Waals surface area contributed by atoms with Crippen molar-refractivity contribution in [3.8, 4) is 11.4 Å². The number of aryl methyl sites for hydroxylation is 1. The SMILES string of the molecule is CCc1ccc(-c2nc(=S)n(CN(C)[C@@H]3CCS(=O)(=O)C3)[nH]2)cc1. The molecule has 8 heteroatoms. The van der Waals surface area contributed by atoms with Crippen molar-refractivity contribution in [1.82, 2.24) is 19.7 Å². The first-order valence-electron chi connectivity index (χ1n) is 8.05. The normalized spacial score (nSPS) is 19.9. The molecule has 2 aromatic rings. The van der Waals surface area contributed by atoms with Crippen LogP contribution in [-0.4, -0.2) is 52.7 Å². The number of benzene rings is 1. The van der Waals surface area contributed by atoms with Gasteiger partial charge in [0.15, 0.2) is 15.7 Å². The van der Waals surface area contributed by atoms with E-state index in [9.17, 15) is 8.42 Å². The van der Waals surface area contributed by atoms with Crippen LogP contribution in [0.1, 0.15) is 18.9 Å². The Morgan fingerprint density at radius 3 is 2.67 bits per heavy atom. The number of nitrogens with one attached hydrogen (secondary N) is 1. The summed E-state index contributed by atoms with van der Waals surface area (Å²) in [6, 6.07) is 8.27. The van der Waals surface area contributed by atoms with E-state index in [1.165, 1.54) is 5.56 Å². The van der Waals surface area contributed by atoms with Crippen LogP contribution in [0.3, 0.4) is 0 Å². The number of aromatic amines is 1. The summed E-state index contributed by atoms with van der Waals surface area (Å²) < 4.78 is 25.5. The Morgan fingerprint density at radius 1 is 1.38 bits per heavy atom. The molecule has 1 saturated heterocycles. The molecule has 2 heterocycles. The van der Waals surface area contributed by atoms with E-state index in [0.29, 0.717) is 17.9 Å². The Bertz CT molecular complexity index is 868. The van der Waals surface area contributed by atoms with E-state index in [2.05, 4.69) is 29.1 Å². The maximum absolute atomic E-state index is 11.6. The third kappa shape index (κ3) is 3.76. The Hall–Kier alpha value is -1.51. The molecule has 3 rings (SSSR count). The molecule has 0 unspecified atom stereocenters. The van der Waals surface area contributed by atoms with E-state index in [0.717, 1.165) is 17.8 Å². The van der Waals surface area contributed by atoms with Crippen molar-refractivity contribution in [1.29, 1.82) is 0 Å². The van der Waals surface area contributed by atoms with Crippen molar-refractivity contribution in [3.05, 3.63) is 34.6 Å². The van der Waals surface area contributed by atoms with Gasteiger partial charge in [-0.15, -0.1) is 0 Å². The van der Waals surface area contributed by atoms with Gasteiger partial charge in [-0.1, -0.05) is 31.2 Å². The van der Waals surface area contributed by atoms with Gasteiger partial charge in [0, 0.05) is 11.6 Å². The lowest BCUT2D eigenvalue weighted by atomic mass is 10.1. The zero-order chi connectivity index (χ0) is 17.3. The van der Waals surface area contributed by atoms with E-state index >= 15 is 0 Å². The van der Waals surface area contributed by atoms with Gasteiger partial charge in [0.1, 0.15) is 0 Å². The predicted molar refractivity (Wildman–Crippen MR) is 97.0 cm³/mol. The van der Waals surface area contributed by atoms with Gasteiger partial charge < -0.3 is 0 Å². The zero-order valence-corrected chi connectivity index (χ0v) is 15.5. The molecule has 0 bridgehead atoms. The number of hydrogen-bond acceptors (Lipinski definition) is 5. The standard InChI is InChI=1S/C16H22N4O2S2/c1-3-12-4-6-13(7-5-12)15-17-16(23)20(18-15)11-19(2)14-8-9-24(21,22)10-14/h4-7,14H,3,8-11H2,1-2H3,(H,17,18,23)/t14-/m1/s1. The summed E-state index contributed by atoms with van der Waals surface area (Å²) in [5, 5.41) is 3.22. The van der Waals surface area contributed by atoms with Gasteiger partial charge in [-0.2, -0.15) is 4.98 Å². The van der Waals surface area contributed by atoms with Crippen LogP contribution in [0.5, 0.6) is 0 Å². The Morgan fingerprint density at radius 2 is 2.08 bits per heavy atom. The largest absolute Gasteiger partial charge is 0.283 e. The number of sulfone groups is 1. The van der Waals surface area contributed by atoms with Crippen molar-refractivity contribution in [2.75, 3.05) is 18.6 Å². The average molecular weight is 367 g/mol. The monoisotopic (exact) mass is 366 g/mol. The van der Waals surface area contributed by atoms with Crippen molar-refractivity contribution < 1.29 is 8.42 Å². The lowest BCUT2D eigenvalue weighted by Gasteiger charge is -2.22. The number of rotatable bonds is 5. The van der Waals surface area contributed by atoms with Crippen LogP contribution >= 0.6 is 12.2 Å². The molecule has 0 spiro atoms. The molecule has 130 valence electrons. The summed E-state index contributed by atoms with van der Waals surface area (Å²) in [6.07, 6.45) is 1.67. The molecule has 0 radical (unpaired) electrons.